The SMILES string of the molecule is CCCCOc1ccc(C(=O)Oc2ccc(-c3ccccc3)cc2)cc1. The number of carbonyl (C=O) groups is 1. The maximum Gasteiger partial charge on any atom is 0.343 e. The van der Waals surface area contributed by atoms with E-state index in [4.69, 9.17) is 9.47 Å². The molecule has 26 heavy (non-hydrogen) atoms. The van der Waals surface area contributed by atoms with E-state index in [0.29, 0.717) is 17.9 Å². The summed E-state index contributed by atoms with van der Waals surface area (Å²) in [5.74, 6) is 0.915. The van der Waals surface area contributed by atoms with Crippen molar-refractivity contribution >= 4 is 5.97 Å². The molecule has 0 fully saturated rings. The van der Waals surface area contributed by atoms with Crippen LogP contribution in [0.25, 0.3) is 11.1 Å². The molecule has 3 rings (SSSR count). The predicted octanol–water partition coefficient (Wildman–Crippen LogP) is 5.75. The number of carbonyl (C=O) groups excluding carboxylic acids is 1. The van der Waals surface area contributed by atoms with Gasteiger partial charge in [-0.3, -0.25) is 0 Å². The first-order valence-corrected chi connectivity index (χ1v) is 8.87. The Morgan fingerprint density at radius 2 is 1.38 bits per heavy atom. The summed E-state index contributed by atoms with van der Waals surface area (Å²) in [5.41, 5.74) is 2.71. The van der Waals surface area contributed by atoms with Gasteiger partial charge < -0.3 is 9.47 Å². The van der Waals surface area contributed by atoms with Crippen molar-refractivity contribution in [1.29, 1.82) is 0 Å². The number of esters is 1. The lowest BCUT2D eigenvalue weighted by Crippen LogP contribution is -2.08. The Balaban J connectivity index is 1.61. The molecule has 0 radical (unpaired) electrons. The van der Waals surface area contributed by atoms with Gasteiger partial charge in [-0.1, -0.05) is 55.8 Å². The molecule has 0 unspecified atom stereocenters. The highest BCUT2D eigenvalue weighted by atomic mass is 16.5. The molecule has 0 aromatic heterocycles. The number of rotatable bonds is 7. The smallest absolute Gasteiger partial charge is 0.343 e. The van der Waals surface area contributed by atoms with Crippen LogP contribution in [-0.4, -0.2) is 12.6 Å². The minimum absolute atomic E-state index is 0.377. The number of benzene rings is 3. The summed E-state index contributed by atoms with van der Waals surface area (Å²) in [6.45, 7) is 2.81. The second-order valence-corrected chi connectivity index (χ2v) is 6.01. The predicted molar refractivity (Wildman–Crippen MR) is 104 cm³/mol. The van der Waals surface area contributed by atoms with Crippen LogP contribution in [0.2, 0.25) is 0 Å². The second kappa shape index (κ2) is 8.86. The van der Waals surface area contributed by atoms with Gasteiger partial charge in [0.2, 0.25) is 0 Å². The summed E-state index contributed by atoms with van der Waals surface area (Å²) in [5, 5.41) is 0. The highest BCUT2D eigenvalue weighted by molar-refractivity contribution is 5.91. The third-order valence-corrected chi connectivity index (χ3v) is 4.03. The van der Waals surface area contributed by atoms with Crippen molar-refractivity contribution in [2.45, 2.75) is 19.8 Å². The normalized spacial score (nSPS) is 10.3. The summed E-state index contributed by atoms with van der Waals surface area (Å²) in [4.78, 5) is 12.3. The van der Waals surface area contributed by atoms with Crippen molar-refractivity contribution in [1.82, 2.24) is 0 Å². The zero-order valence-electron chi connectivity index (χ0n) is 14.9. The van der Waals surface area contributed by atoms with Crippen molar-refractivity contribution in [3.05, 3.63) is 84.4 Å². The van der Waals surface area contributed by atoms with Gasteiger partial charge in [0.1, 0.15) is 11.5 Å². The summed E-state index contributed by atoms with van der Waals surface area (Å²) >= 11 is 0. The Kier molecular flexibility index (Phi) is 6.05. The maximum absolute atomic E-state index is 12.3. The largest absolute Gasteiger partial charge is 0.494 e. The van der Waals surface area contributed by atoms with Gasteiger partial charge in [0.15, 0.2) is 0 Å². The van der Waals surface area contributed by atoms with Crippen LogP contribution in [0.1, 0.15) is 30.1 Å². The van der Waals surface area contributed by atoms with Crippen molar-refractivity contribution in [2.24, 2.45) is 0 Å². The van der Waals surface area contributed by atoms with E-state index in [2.05, 4.69) is 6.92 Å². The van der Waals surface area contributed by atoms with Gasteiger partial charge in [0.05, 0.1) is 12.2 Å². The van der Waals surface area contributed by atoms with Gasteiger partial charge in [-0.25, -0.2) is 4.79 Å². The van der Waals surface area contributed by atoms with Crippen LogP contribution in [-0.2, 0) is 0 Å². The molecule has 0 saturated heterocycles. The highest BCUT2D eigenvalue weighted by Gasteiger charge is 2.09. The molecule has 132 valence electrons. The molecule has 0 aliphatic rings. The monoisotopic (exact) mass is 346 g/mol. The zero-order valence-corrected chi connectivity index (χ0v) is 14.9. The quantitative estimate of drug-likeness (QED) is 0.310. The molecular weight excluding hydrogens is 324 g/mol. The third-order valence-electron chi connectivity index (χ3n) is 4.03. The number of hydrogen-bond donors (Lipinski definition) is 0. The molecule has 3 heteroatoms. The molecule has 0 aliphatic heterocycles. The van der Waals surface area contributed by atoms with Crippen LogP contribution in [0.4, 0.5) is 0 Å². The fourth-order valence-corrected chi connectivity index (χ4v) is 2.53. The summed E-state index contributed by atoms with van der Waals surface area (Å²) in [7, 11) is 0. The zero-order chi connectivity index (χ0) is 18.2. The van der Waals surface area contributed by atoms with Crippen LogP contribution in [0.3, 0.4) is 0 Å². The van der Waals surface area contributed by atoms with Crippen molar-refractivity contribution in [2.75, 3.05) is 6.61 Å². The fourth-order valence-electron chi connectivity index (χ4n) is 2.53. The van der Waals surface area contributed by atoms with Gasteiger partial charge in [-0.2, -0.15) is 0 Å². The van der Waals surface area contributed by atoms with E-state index in [0.717, 1.165) is 29.7 Å². The van der Waals surface area contributed by atoms with Crippen LogP contribution < -0.4 is 9.47 Å². The first-order chi connectivity index (χ1) is 12.8. The lowest BCUT2D eigenvalue weighted by Gasteiger charge is -2.08. The lowest BCUT2D eigenvalue weighted by molar-refractivity contribution is 0.0734. The van der Waals surface area contributed by atoms with E-state index in [-0.39, 0.29) is 5.97 Å². The van der Waals surface area contributed by atoms with Crippen LogP contribution in [0, 0.1) is 0 Å². The van der Waals surface area contributed by atoms with Gasteiger partial charge in [0.25, 0.3) is 0 Å². The molecular formula is C23H22O3. The van der Waals surface area contributed by atoms with Crippen molar-refractivity contribution in [3.8, 4) is 22.6 Å². The van der Waals surface area contributed by atoms with E-state index in [1.165, 1.54) is 0 Å². The Hall–Kier alpha value is -3.07. The Bertz CT molecular complexity index is 822. The molecule has 0 bridgehead atoms. The first kappa shape index (κ1) is 17.7. The van der Waals surface area contributed by atoms with E-state index >= 15 is 0 Å². The molecule has 3 aromatic carbocycles. The molecule has 0 heterocycles. The van der Waals surface area contributed by atoms with Crippen LogP contribution in [0.5, 0.6) is 11.5 Å². The average Bonchev–Trinajstić information content (AvgIpc) is 2.70. The molecule has 0 spiro atoms. The second-order valence-electron chi connectivity index (χ2n) is 6.01. The van der Waals surface area contributed by atoms with Crippen LogP contribution >= 0.6 is 0 Å². The minimum atomic E-state index is -0.377. The summed E-state index contributed by atoms with van der Waals surface area (Å²) in [6.07, 6.45) is 2.11. The first-order valence-electron chi connectivity index (χ1n) is 8.87. The van der Waals surface area contributed by atoms with E-state index in [9.17, 15) is 4.79 Å². The molecule has 0 saturated carbocycles. The molecule has 0 N–H and O–H groups in total. The topological polar surface area (TPSA) is 35.5 Å². The number of ether oxygens (including phenoxy) is 2. The van der Waals surface area contributed by atoms with Gasteiger partial charge in [-0.15, -0.1) is 0 Å². The lowest BCUT2D eigenvalue weighted by atomic mass is 10.1. The van der Waals surface area contributed by atoms with Gasteiger partial charge in [-0.05, 0) is 53.9 Å². The van der Waals surface area contributed by atoms with Crippen molar-refractivity contribution in [3.63, 3.8) is 0 Å². The Morgan fingerprint density at radius 3 is 2.04 bits per heavy atom. The fraction of sp³-hybridized carbons (Fsp3) is 0.174. The highest BCUT2D eigenvalue weighted by Crippen LogP contribution is 2.23. The molecule has 0 amide bonds. The number of hydrogen-bond acceptors (Lipinski definition) is 3. The third kappa shape index (κ3) is 4.73. The van der Waals surface area contributed by atoms with Gasteiger partial charge >= 0.3 is 5.97 Å². The molecule has 3 nitrogen and oxygen atoms in total. The number of unbranched alkanes of at least 4 members (excludes halogenated alkanes) is 1. The average molecular weight is 346 g/mol. The summed E-state index contributed by atoms with van der Waals surface area (Å²) in [6, 6.07) is 24.6. The maximum atomic E-state index is 12.3. The van der Waals surface area contributed by atoms with E-state index in [1.54, 1.807) is 24.3 Å². The summed E-state index contributed by atoms with van der Waals surface area (Å²) < 4.78 is 11.1. The molecule has 0 aliphatic carbocycles. The van der Waals surface area contributed by atoms with E-state index < -0.39 is 0 Å². The Morgan fingerprint density at radius 1 is 0.769 bits per heavy atom. The molecule has 0 atom stereocenters. The van der Waals surface area contributed by atoms with Crippen molar-refractivity contribution < 1.29 is 14.3 Å². The standard InChI is InChI=1S/C23H22O3/c1-2-3-17-25-21-13-11-20(12-14-21)23(24)26-22-15-9-19(10-16-22)18-7-5-4-6-8-18/h4-16H,2-3,17H2,1H3. The molecule has 3 aromatic rings. The van der Waals surface area contributed by atoms with E-state index in [1.807, 2.05) is 54.6 Å². The van der Waals surface area contributed by atoms with Gasteiger partial charge in [0, 0.05) is 0 Å². The Labute approximate surface area is 154 Å². The van der Waals surface area contributed by atoms with Crippen LogP contribution in [0.15, 0.2) is 78.9 Å². The minimum Gasteiger partial charge on any atom is -0.494 e.